The fraction of sp³-hybridized carbons (Fsp3) is 0.714. The van der Waals surface area contributed by atoms with Crippen LogP contribution in [0.2, 0.25) is 0 Å². The van der Waals surface area contributed by atoms with Gasteiger partial charge in [-0.25, -0.2) is 0 Å². The van der Waals surface area contributed by atoms with Crippen LogP contribution in [0.1, 0.15) is 27.7 Å². The van der Waals surface area contributed by atoms with E-state index in [1.54, 1.807) is 27.7 Å². The van der Waals surface area contributed by atoms with Gasteiger partial charge in [0.1, 0.15) is 0 Å². The van der Waals surface area contributed by atoms with Crippen molar-refractivity contribution in [1.82, 2.24) is 0 Å². The molecular weight excluding hydrogens is 289 g/mol. The van der Waals surface area contributed by atoms with Crippen LogP contribution in [0.25, 0.3) is 0 Å². The molecule has 118 valence electrons. The topological polar surface area (TPSA) is 62.2 Å². The van der Waals surface area contributed by atoms with Crippen molar-refractivity contribution in [3.8, 4) is 0 Å². The van der Waals surface area contributed by atoms with Crippen LogP contribution in [-0.4, -0.2) is 54.8 Å². The lowest BCUT2D eigenvalue weighted by Gasteiger charge is -2.38. The summed E-state index contributed by atoms with van der Waals surface area (Å²) in [6.07, 6.45) is 0. The van der Waals surface area contributed by atoms with Gasteiger partial charge in [-0.2, -0.15) is 0 Å². The molecule has 1 fully saturated rings. The van der Waals surface area contributed by atoms with E-state index in [-0.39, 0.29) is 0 Å². The Balaban J connectivity index is 2.03. The lowest BCUT2D eigenvalue weighted by atomic mass is 9.82. The van der Waals surface area contributed by atoms with Crippen molar-refractivity contribution in [1.29, 1.82) is 0 Å². The standard InChI is InChI=1S/C14H24BNO4S/c1-13(2,17)14(3,4)20-15(18)11-5-6-12(21-11)16-7-9-19-10-8-16/h5-6,17-18H,7-10H2,1-4H3. The van der Waals surface area contributed by atoms with Crippen LogP contribution in [0.4, 0.5) is 5.00 Å². The van der Waals surface area contributed by atoms with Crippen LogP contribution in [0.5, 0.6) is 0 Å². The number of aliphatic hydroxyl groups is 1. The SMILES string of the molecule is CC(C)(O)C(C)(C)OB(O)c1ccc(N2CCOCC2)s1. The molecule has 0 bridgehead atoms. The summed E-state index contributed by atoms with van der Waals surface area (Å²) in [6, 6.07) is 3.87. The molecule has 2 N–H and O–H groups in total. The van der Waals surface area contributed by atoms with Crippen molar-refractivity contribution in [3.05, 3.63) is 12.1 Å². The predicted octanol–water partition coefficient (Wildman–Crippen LogP) is 0.838. The maximum absolute atomic E-state index is 10.3. The molecule has 0 atom stereocenters. The van der Waals surface area contributed by atoms with Crippen molar-refractivity contribution >= 4 is 28.2 Å². The normalized spacial score (nSPS) is 17.1. The van der Waals surface area contributed by atoms with Gasteiger partial charge in [0.2, 0.25) is 0 Å². The van der Waals surface area contributed by atoms with E-state index in [0.29, 0.717) is 0 Å². The van der Waals surface area contributed by atoms with Gasteiger partial charge in [-0.15, -0.1) is 11.3 Å². The summed E-state index contributed by atoms with van der Waals surface area (Å²) in [5.74, 6) is 0. The highest BCUT2D eigenvalue weighted by Crippen LogP contribution is 2.27. The molecule has 0 amide bonds. The molecule has 0 aliphatic carbocycles. The van der Waals surface area contributed by atoms with E-state index in [0.717, 1.165) is 36.1 Å². The predicted molar refractivity (Wildman–Crippen MR) is 86.4 cm³/mol. The second-order valence-corrected chi connectivity index (χ2v) is 7.41. The van der Waals surface area contributed by atoms with Crippen LogP contribution in [0, 0.1) is 0 Å². The summed E-state index contributed by atoms with van der Waals surface area (Å²) in [7, 11) is -1.04. The molecule has 0 aromatic carbocycles. The first kappa shape index (κ1) is 16.8. The number of rotatable bonds is 5. The number of hydrogen-bond donors (Lipinski definition) is 2. The molecule has 0 spiro atoms. The molecule has 2 heterocycles. The zero-order valence-corrected chi connectivity index (χ0v) is 13.9. The van der Waals surface area contributed by atoms with Gasteiger partial charge < -0.3 is 24.4 Å². The van der Waals surface area contributed by atoms with Gasteiger partial charge in [0.05, 0.1) is 29.4 Å². The number of morpholine rings is 1. The molecule has 1 aromatic heterocycles. The highest BCUT2D eigenvalue weighted by molar-refractivity contribution is 7.25. The molecule has 21 heavy (non-hydrogen) atoms. The highest BCUT2D eigenvalue weighted by Gasteiger charge is 2.40. The number of hydrogen-bond acceptors (Lipinski definition) is 6. The van der Waals surface area contributed by atoms with E-state index >= 15 is 0 Å². The molecular formula is C14H24BNO4S. The Morgan fingerprint density at radius 3 is 2.43 bits per heavy atom. The van der Waals surface area contributed by atoms with Gasteiger partial charge in [0.15, 0.2) is 0 Å². The lowest BCUT2D eigenvalue weighted by molar-refractivity contribution is -0.0981. The molecule has 2 rings (SSSR count). The Hall–Kier alpha value is -0.595. The monoisotopic (exact) mass is 313 g/mol. The van der Waals surface area contributed by atoms with Gasteiger partial charge in [-0.3, -0.25) is 0 Å². The minimum atomic E-state index is -1.04. The highest BCUT2D eigenvalue weighted by atomic mass is 32.1. The van der Waals surface area contributed by atoms with Crippen LogP contribution < -0.4 is 9.68 Å². The zero-order chi connectivity index (χ0) is 15.7. The van der Waals surface area contributed by atoms with Gasteiger partial charge >= 0.3 is 7.12 Å². The van der Waals surface area contributed by atoms with Crippen LogP contribution in [0.3, 0.4) is 0 Å². The Bertz CT molecular complexity index is 466. The van der Waals surface area contributed by atoms with Crippen molar-refractivity contribution < 1.29 is 19.5 Å². The quantitative estimate of drug-likeness (QED) is 0.789. The Labute approximate surface area is 130 Å². The fourth-order valence-electron chi connectivity index (χ4n) is 1.91. The first-order valence-corrected chi connectivity index (χ1v) is 8.03. The molecule has 0 unspecified atom stereocenters. The molecule has 1 aliphatic heterocycles. The maximum Gasteiger partial charge on any atom is 0.502 e. The van der Waals surface area contributed by atoms with E-state index in [2.05, 4.69) is 4.90 Å². The number of nitrogens with zero attached hydrogens (tertiary/aromatic N) is 1. The summed E-state index contributed by atoms with van der Waals surface area (Å²) < 4.78 is 11.7. The second kappa shape index (κ2) is 6.26. The summed E-state index contributed by atoms with van der Waals surface area (Å²) in [4.78, 5) is 2.24. The zero-order valence-electron chi connectivity index (χ0n) is 13.1. The molecule has 1 saturated heterocycles. The number of anilines is 1. The minimum absolute atomic E-state index is 0.734. The van der Waals surface area contributed by atoms with E-state index in [9.17, 15) is 10.1 Å². The first-order chi connectivity index (χ1) is 9.71. The van der Waals surface area contributed by atoms with Crippen molar-refractivity contribution in [2.45, 2.75) is 38.9 Å². The average molecular weight is 313 g/mol. The van der Waals surface area contributed by atoms with Crippen LogP contribution in [0.15, 0.2) is 12.1 Å². The Morgan fingerprint density at radius 2 is 1.86 bits per heavy atom. The van der Waals surface area contributed by atoms with E-state index in [1.807, 2.05) is 12.1 Å². The first-order valence-electron chi connectivity index (χ1n) is 7.21. The fourth-order valence-corrected chi connectivity index (χ4v) is 2.88. The third kappa shape index (κ3) is 3.99. The summed E-state index contributed by atoms with van der Waals surface area (Å²) in [5, 5.41) is 21.5. The smallest absolute Gasteiger partial charge is 0.423 e. The average Bonchev–Trinajstić information content (AvgIpc) is 2.87. The van der Waals surface area contributed by atoms with Gasteiger partial charge in [-0.1, -0.05) is 0 Å². The van der Waals surface area contributed by atoms with Crippen LogP contribution >= 0.6 is 11.3 Å². The van der Waals surface area contributed by atoms with E-state index in [4.69, 9.17) is 9.39 Å². The Kier molecular flexibility index (Phi) is 5.00. The maximum atomic E-state index is 10.3. The van der Waals surface area contributed by atoms with Crippen molar-refractivity contribution in [3.63, 3.8) is 0 Å². The molecule has 1 aliphatic rings. The van der Waals surface area contributed by atoms with Crippen LogP contribution in [-0.2, 0) is 9.39 Å². The molecule has 0 radical (unpaired) electrons. The molecule has 0 saturated carbocycles. The third-order valence-corrected chi connectivity index (χ3v) is 5.24. The summed E-state index contributed by atoms with van der Waals surface area (Å²) >= 11 is 1.51. The van der Waals surface area contributed by atoms with Crippen molar-refractivity contribution in [2.75, 3.05) is 31.2 Å². The third-order valence-electron chi connectivity index (χ3n) is 4.06. The van der Waals surface area contributed by atoms with E-state index in [1.165, 1.54) is 11.3 Å². The van der Waals surface area contributed by atoms with Gasteiger partial charge in [0.25, 0.3) is 0 Å². The van der Waals surface area contributed by atoms with Gasteiger partial charge in [-0.05, 0) is 39.8 Å². The number of thiophene rings is 1. The molecule has 5 nitrogen and oxygen atoms in total. The molecule has 7 heteroatoms. The Morgan fingerprint density at radius 1 is 1.24 bits per heavy atom. The number of ether oxygens (including phenoxy) is 1. The summed E-state index contributed by atoms with van der Waals surface area (Å²) in [5.41, 5.74) is -1.90. The summed E-state index contributed by atoms with van der Waals surface area (Å²) in [6.45, 7) is 10.1. The minimum Gasteiger partial charge on any atom is -0.423 e. The largest absolute Gasteiger partial charge is 0.502 e. The van der Waals surface area contributed by atoms with E-state index < -0.39 is 18.3 Å². The lowest BCUT2D eigenvalue weighted by Crippen LogP contribution is -2.52. The molecule has 1 aromatic rings. The van der Waals surface area contributed by atoms with Gasteiger partial charge in [0, 0.05) is 17.9 Å². The second-order valence-electron chi connectivity index (χ2n) is 6.31. The van der Waals surface area contributed by atoms with Crippen molar-refractivity contribution in [2.24, 2.45) is 0 Å².